The van der Waals surface area contributed by atoms with Crippen molar-refractivity contribution in [1.29, 1.82) is 0 Å². The van der Waals surface area contributed by atoms with Crippen molar-refractivity contribution in [1.82, 2.24) is 5.32 Å². The van der Waals surface area contributed by atoms with Gasteiger partial charge in [0.2, 0.25) is 5.91 Å². The lowest BCUT2D eigenvalue weighted by Gasteiger charge is -2.20. The molecule has 1 unspecified atom stereocenters. The molecule has 0 heterocycles. The molecule has 4 heteroatoms. The molecule has 0 aliphatic heterocycles. The highest BCUT2D eigenvalue weighted by Crippen LogP contribution is 2.18. The third-order valence-corrected chi connectivity index (χ3v) is 3.72. The smallest absolute Gasteiger partial charge is 0.237 e. The fraction of sp³-hybridized carbons (Fsp3) is 0.611. The first-order valence-corrected chi connectivity index (χ1v) is 8.10. The Hall–Kier alpha value is -1.55. The van der Waals surface area contributed by atoms with Gasteiger partial charge < -0.3 is 15.8 Å². The summed E-state index contributed by atoms with van der Waals surface area (Å²) in [6.07, 6.45) is 1.04. The molecule has 0 aliphatic rings. The standard InChI is InChI=1S/C18H30N2O2/c1-12(2)10-11-22-16-8-6-15(7-9-16)14(5)20-18(21)17(19)13(3)4/h6-9,12-14,17H,10-11,19H2,1-5H3,(H,20,21)/t14?,17-/m0/s1. The van der Waals surface area contributed by atoms with Crippen LogP contribution in [0.2, 0.25) is 0 Å². The van der Waals surface area contributed by atoms with Crippen molar-refractivity contribution in [3.05, 3.63) is 29.8 Å². The Bertz CT molecular complexity index is 455. The van der Waals surface area contributed by atoms with Crippen LogP contribution in [0.25, 0.3) is 0 Å². The van der Waals surface area contributed by atoms with Crippen molar-refractivity contribution < 1.29 is 9.53 Å². The number of carbonyl (C=O) groups excluding carboxylic acids is 1. The van der Waals surface area contributed by atoms with Crippen molar-refractivity contribution in [3.63, 3.8) is 0 Å². The van der Waals surface area contributed by atoms with E-state index < -0.39 is 6.04 Å². The van der Waals surface area contributed by atoms with Gasteiger partial charge in [-0.05, 0) is 42.9 Å². The summed E-state index contributed by atoms with van der Waals surface area (Å²) in [7, 11) is 0. The van der Waals surface area contributed by atoms with Gasteiger partial charge in [-0.25, -0.2) is 0 Å². The molecule has 0 aromatic heterocycles. The molecule has 2 atom stereocenters. The fourth-order valence-electron chi connectivity index (χ4n) is 1.96. The number of hydrogen-bond donors (Lipinski definition) is 2. The molecule has 0 radical (unpaired) electrons. The predicted molar refractivity (Wildman–Crippen MR) is 90.8 cm³/mol. The van der Waals surface area contributed by atoms with Gasteiger partial charge in [0.15, 0.2) is 0 Å². The highest BCUT2D eigenvalue weighted by molar-refractivity contribution is 5.82. The van der Waals surface area contributed by atoms with Crippen LogP contribution in [0.3, 0.4) is 0 Å². The zero-order chi connectivity index (χ0) is 16.7. The van der Waals surface area contributed by atoms with Crippen LogP contribution in [0, 0.1) is 11.8 Å². The summed E-state index contributed by atoms with van der Waals surface area (Å²) >= 11 is 0. The Balaban J connectivity index is 2.53. The predicted octanol–water partition coefficient (Wildman–Crippen LogP) is 3.27. The number of carbonyl (C=O) groups is 1. The number of hydrogen-bond acceptors (Lipinski definition) is 3. The van der Waals surface area contributed by atoms with Crippen molar-refractivity contribution >= 4 is 5.91 Å². The minimum absolute atomic E-state index is 0.0676. The maximum absolute atomic E-state index is 12.0. The Labute approximate surface area is 134 Å². The van der Waals surface area contributed by atoms with Crippen LogP contribution in [0.4, 0.5) is 0 Å². The number of nitrogens with two attached hydrogens (primary N) is 1. The lowest BCUT2D eigenvalue weighted by molar-refractivity contribution is -0.123. The molecule has 3 N–H and O–H groups in total. The monoisotopic (exact) mass is 306 g/mol. The Morgan fingerprint density at radius 3 is 2.23 bits per heavy atom. The average Bonchev–Trinajstić information content (AvgIpc) is 2.46. The normalized spacial score (nSPS) is 14.0. The van der Waals surface area contributed by atoms with E-state index in [2.05, 4.69) is 19.2 Å². The number of ether oxygens (including phenoxy) is 1. The van der Waals surface area contributed by atoms with Gasteiger partial charge in [-0.15, -0.1) is 0 Å². The molecule has 1 rings (SSSR count). The molecule has 1 amide bonds. The molecule has 124 valence electrons. The minimum Gasteiger partial charge on any atom is -0.494 e. The second kappa shape index (κ2) is 8.79. The summed E-state index contributed by atoms with van der Waals surface area (Å²) < 4.78 is 5.69. The van der Waals surface area contributed by atoms with E-state index in [0.29, 0.717) is 5.92 Å². The Morgan fingerprint density at radius 1 is 1.14 bits per heavy atom. The first-order valence-electron chi connectivity index (χ1n) is 8.10. The van der Waals surface area contributed by atoms with E-state index >= 15 is 0 Å². The molecular weight excluding hydrogens is 276 g/mol. The van der Waals surface area contributed by atoms with Gasteiger partial charge in [-0.3, -0.25) is 4.79 Å². The Kier molecular flexibility index (Phi) is 7.39. The first kappa shape index (κ1) is 18.5. The second-order valence-corrected chi connectivity index (χ2v) is 6.60. The summed E-state index contributed by atoms with van der Waals surface area (Å²) in [4.78, 5) is 12.0. The molecule has 0 bridgehead atoms. The molecular formula is C18H30N2O2. The van der Waals surface area contributed by atoms with Crippen LogP contribution in [-0.4, -0.2) is 18.6 Å². The highest BCUT2D eigenvalue weighted by atomic mass is 16.5. The molecule has 4 nitrogen and oxygen atoms in total. The van der Waals surface area contributed by atoms with E-state index in [4.69, 9.17) is 10.5 Å². The number of benzene rings is 1. The third-order valence-electron chi connectivity index (χ3n) is 3.72. The van der Waals surface area contributed by atoms with Gasteiger partial charge in [0.1, 0.15) is 5.75 Å². The quantitative estimate of drug-likeness (QED) is 0.774. The summed E-state index contributed by atoms with van der Waals surface area (Å²) in [5.41, 5.74) is 6.90. The molecule has 0 aliphatic carbocycles. The van der Waals surface area contributed by atoms with Crippen LogP contribution in [0.15, 0.2) is 24.3 Å². The van der Waals surface area contributed by atoms with Gasteiger partial charge in [0.05, 0.1) is 18.7 Å². The van der Waals surface area contributed by atoms with Crippen molar-refractivity contribution in [3.8, 4) is 5.75 Å². The molecule has 0 saturated carbocycles. The largest absolute Gasteiger partial charge is 0.494 e. The van der Waals surface area contributed by atoms with Crippen LogP contribution >= 0.6 is 0 Å². The van der Waals surface area contributed by atoms with Crippen LogP contribution in [0.5, 0.6) is 5.75 Å². The summed E-state index contributed by atoms with van der Waals surface area (Å²) in [6, 6.07) is 7.32. The van der Waals surface area contributed by atoms with Gasteiger partial charge in [0, 0.05) is 0 Å². The molecule has 0 fully saturated rings. The molecule has 0 spiro atoms. The summed E-state index contributed by atoms with van der Waals surface area (Å²) in [5.74, 6) is 1.52. The van der Waals surface area contributed by atoms with Crippen molar-refractivity contribution in [2.75, 3.05) is 6.61 Å². The van der Waals surface area contributed by atoms with E-state index in [1.165, 1.54) is 0 Å². The summed E-state index contributed by atoms with van der Waals surface area (Å²) in [5, 5.41) is 2.95. The van der Waals surface area contributed by atoms with Crippen LogP contribution in [-0.2, 0) is 4.79 Å². The number of rotatable bonds is 8. The average molecular weight is 306 g/mol. The van der Waals surface area contributed by atoms with E-state index in [1.54, 1.807) is 0 Å². The van der Waals surface area contributed by atoms with Gasteiger partial charge in [0.25, 0.3) is 0 Å². The first-order chi connectivity index (χ1) is 10.3. The van der Waals surface area contributed by atoms with E-state index in [0.717, 1.165) is 24.3 Å². The topological polar surface area (TPSA) is 64.3 Å². The van der Waals surface area contributed by atoms with Crippen molar-refractivity contribution in [2.45, 2.75) is 53.1 Å². The summed E-state index contributed by atoms with van der Waals surface area (Å²) in [6.45, 7) is 10.9. The number of nitrogens with one attached hydrogen (secondary N) is 1. The van der Waals surface area contributed by atoms with E-state index in [1.807, 2.05) is 45.0 Å². The second-order valence-electron chi connectivity index (χ2n) is 6.60. The molecule has 0 saturated heterocycles. The maximum Gasteiger partial charge on any atom is 0.237 e. The zero-order valence-electron chi connectivity index (χ0n) is 14.4. The fourth-order valence-corrected chi connectivity index (χ4v) is 1.96. The van der Waals surface area contributed by atoms with Gasteiger partial charge in [-0.2, -0.15) is 0 Å². The molecule has 22 heavy (non-hydrogen) atoms. The van der Waals surface area contributed by atoms with Crippen molar-refractivity contribution in [2.24, 2.45) is 17.6 Å². The number of amides is 1. The van der Waals surface area contributed by atoms with E-state index in [9.17, 15) is 4.79 Å². The van der Waals surface area contributed by atoms with Crippen LogP contribution < -0.4 is 15.8 Å². The maximum atomic E-state index is 12.0. The third kappa shape index (κ3) is 6.06. The lowest BCUT2D eigenvalue weighted by Crippen LogP contribution is -2.44. The SMILES string of the molecule is CC(C)CCOc1ccc(C(C)NC(=O)[C@@H](N)C(C)C)cc1. The minimum atomic E-state index is -0.471. The van der Waals surface area contributed by atoms with Gasteiger partial charge in [-0.1, -0.05) is 39.8 Å². The lowest BCUT2D eigenvalue weighted by atomic mass is 10.0. The van der Waals surface area contributed by atoms with Gasteiger partial charge >= 0.3 is 0 Å². The van der Waals surface area contributed by atoms with E-state index in [-0.39, 0.29) is 17.9 Å². The van der Waals surface area contributed by atoms with Crippen LogP contribution in [0.1, 0.15) is 52.6 Å². The molecule has 1 aromatic carbocycles. The Morgan fingerprint density at radius 2 is 1.73 bits per heavy atom. The molecule has 1 aromatic rings. The highest BCUT2D eigenvalue weighted by Gasteiger charge is 2.19. The zero-order valence-corrected chi connectivity index (χ0v) is 14.4.